The number of aliphatic hydroxyl groups excluding tert-OH is 1. The highest BCUT2D eigenvalue weighted by atomic mass is 16.5. The van der Waals surface area contributed by atoms with Crippen molar-refractivity contribution in [2.75, 3.05) is 19.6 Å². The number of allylic oxidation sites excluding steroid dienone is 1. The van der Waals surface area contributed by atoms with Gasteiger partial charge in [-0.15, -0.1) is 0 Å². The zero-order valence-electron chi connectivity index (χ0n) is 13.9. The summed E-state index contributed by atoms with van der Waals surface area (Å²) in [4.78, 5) is 15.4. The van der Waals surface area contributed by atoms with Crippen LogP contribution >= 0.6 is 0 Å². The summed E-state index contributed by atoms with van der Waals surface area (Å²) >= 11 is 0. The van der Waals surface area contributed by atoms with Crippen LogP contribution in [0.4, 0.5) is 0 Å². The number of hydrogen-bond acceptors (Lipinski definition) is 4. The molecule has 0 radical (unpaired) electrons. The number of likely N-dealkylation sites (tertiary alicyclic amines) is 1. The number of benzene rings is 1. The van der Waals surface area contributed by atoms with Gasteiger partial charge in [0, 0.05) is 12.5 Å². The minimum atomic E-state index is -0.369. The van der Waals surface area contributed by atoms with E-state index in [4.69, 9.17) is 4.74 Å². The van der Waals surface area contributed by atoms with Crippen LogP contribution in [0.3, 0.4) is 0 Å². The van der Waals surface area contributed by atoms with E-state index in [1.54, 1.807) is 6.26 Å². The molecule has 0 spiro atoms. The Labute approximate surface area is 143 Å². The Balaban J connectivity index is 1.56. The smallest absolute Gasteiger partial charge is 0.173 e. The molecule has 4 heteroatoms. The maximum absolute atomic E-state index is 13.0. The van der Waals surface area contributed by atoms with Gasteiger partial charge in [-0.3, -0.25) is 4.79 Å². The van der Waals surface area contributed by atoms with E-state index < -0.39 is 0 Å². The number of carbonyl (C=O) groups excluding carboxylic acids is 1. The number of fused-ring (bicyclic) bond motifs is 1. The fourth-order valence-corrected chi connectivity index (χ4v) is 4.44. The van der Waals surface area contributed by atoms with E-state index in [-0.39, 0.29) is 29.8 Å². The van der Waals surface area contributed by atoms with Crippen molar-refractivity contribution in [2.24, 2.45) is 11.8 Å². The zero-order chi connectivity index (χ0) is 16.5. The van der Waals surface area contributed by atoms with Crippen LogP contribution in [0.1, 0.15) is 31.2 Å². The molecular formula is C20H25NO3. The van der Waals surface area contributed by atoms with Gasteiger partial charge in [-0.25, -0.2) is 0 Å². The Kier molecular flexibility index (Phi) is 4.42. The van der Waals surface area contributed by atoms with Gasteiger partial charge in [-0.1, -0.05) is 30.3 Å². The van der Waals surface area contributed by atoms with Crippen molar-refractivity contribution in [3.63, 3.8) is 0 Å². The highest BCUT2D eigenvalue weighted by Gasteiger charge is 2.46. The van der Waals surface area contributed by atoms with Crippen molar-refractivity contribution in [3.05, 3.63) is 42.2 Å². The number of aliphatic hydroxyl groups is 1. The third-order valence-electron chi connectivity index (χ3n) is 5.78. The number of ether oxygens (including phenoxy) is 1. The van der Waals surface area contributed by atoms with Crippen LogP contribution in [-0.2, 0) is 9.53 Å². The zero-order valence-corrected chi connectivity index (χ0v) is 13.9. The first-order valence-electron chi connectivity index (χ1n) is 9.10. The summed E-state index contributed by atoms with van der Waals surface area (Å²) in [5.41, 5.74) is 1.59. The summed E-state index contributed by atoms with van der Waals surface area (Å²) < 4.78 is 6.04. The summed E-state index contributed by atoms with van der Waals surface area (Å²) in [5, 5.41) is 10.5. The van der Waals surface area contributed by atoms with Crippen molar-refractivity contribution in [1.29, 1.82) is 0 Å². The van der Waals surface area contributed by atoms with Gasteiger partial charge in [-0.2, -0.15) is 0 Å². The number of nitrogens with zero attached hydrogens (tertiary/aromatic N) is 1. The lowest BCUT2D eigenvalue weighted by Crippen LogP contribution is -2.51. The molecule has 0 bridgehead atoms. The van der Waals surface area contributed by atoms with Gasteiger partial charge in [0.1, 0.15) is 6.10 Å². The van der Waals surface area contributed by atoms with Crippen molar-refractivity contribution < 1.29 is 14.6 Å². The van der Waals surface area contributed by atoms with E-state index in [2.05, 4.69) is 4.90 Å². The molecule has 0 amide bonds. The average Bonchev–Trinajstić information content (AvgIpc) is 3.12. The molecular weight excluding hydrogens is 302 g/mol. The minimum absolute atomic E-state index is 0.0272. The molecule has 3 aliphatic rings. The lowest BCUT2D eigenvalue weighted by molar-refractivity contribution is -0.133. The maximum atomic E-state index is 13.0. The Morgan fingerprint density at radius 3 is 2.62 bits per heavy atom. The van der Waals surface area contributed by atoms with Gasteiger partial charge in [0.05, 0.1) is 23.9 Å². The molecule has 1 aliphatic carbocycles. The second-order valence-corrected chi connectivity index (χ2v) is 7.29. The number of ketones is 1. The largest absolute Gasteiger partial charge is 0.496 e. The van der Waals surface area contributed by atoms with Gasteiger partial charge in [0.15, 0.2) is 5.78 Å². The SMILES string of the molecule is O=C1C(c2ccccc2)=COC2C1CCC(O)C2CN1CCCC1. The topological polar surface area (TPSA) is 49.8 Å². The Morgan fingerprint density at radius 1 is 1.12 bits per heavy atom. The standard InChI is InChI=1S/C20H25NO3/c22-18-9-8-15-19(23)17(14-6-2-1-3-7-14)13-24-20(15)16(18)12-21-10-4-5-11-21/h1-3,6-7,13,15-16,18,20,22H,4-5,8-12H2. The molecule has 24 heavy (non-hydrogen) atoms. The van der Waals surface area contributed by atoms with Crippen LogP contribution < -0.4 is 0 Å². The summed E-state index contributed by atoms with van der Waals surface area (Å²) in [6.07, 6.45) is 4.94. The van der Waals surface area contributed by atoms with E-state index in [9.17, 15) is 9.90 Å². The molecule has 1 saturated heterocycles. The molecule has 4 nitrogen and oxygen atoms in total. The Morgan fingerprint density at radius 2 is 1.88 bits per heavy atom. The maximum Gasteiger partial charge on any atom is 0.173 e. The molecule has 128 valence electrons. The van der Waals surface area contributed by atoms with E-state index in [1.165, 1.54) is 12.8 Å². The molecule has 1 aromatic rings. The summed E-state index contributed by atoms with van der Waals surface area (Å²) in [6.45, 7) is 3.03. The number of Topliss-reactive ketones (excluding diaryl/α,β-unsaturated/α-hetero) is 1. The fraction of sp³-hybridized carbons (Fsp3) is 0.550. The molecule has 1 aromatic carbocycles. The molecule has 1 saturated carbocycles. The van der Waals surface area contributed by atoms with Crippen LogP contribution in [0.2, 0.25) is 0 Å². The number of rotatable bonds is 3. The van der Waals surface area contributed by atoms with E-state index in [0.29, 0.717) is 18.4 Å². The van der Waals surface area contributed by atoms with Gasteiger partial charge in [0.25, 0.3) is 0 Å². The predicted molar refractivity (Wildman–Crippen MR) is 92.2 cm³/mol. The monoisotopic (exact) mass is 327 g/mol. The third-order valence-corrected chi connectivity index (χ3v) is 5.78. The molecule has 1 N–H and O–H groups in total. The normalized spacial score (nSPS) is 33.7. The highest BCUT2D eigenvalue weighted by Crippen LogP contribution is 2.39. The molecule has 0 aromatic heterocycles. The summed E-state index contributed by atoms with van der Waals surface area (Å²) in [7, 11) is 0. The lowest BCUT2D eigenvalue weighted by Gasteiger charge is -2.43. The molecule has 4 atom stereocenters. The first-order chi connectivity index (χ1) is 11.7. The molecule has 2 fully saturated rings. The van der Waals surface area contributed by atoms with Crippen molar-refractivity contribution >= 4 is 11.4 Å². The second-order valence-electron chi connectivity index (χ2n) is 7.29. The average molecular weight is 327 g/mol. The second kappa shape index (κ2) is 6.69. The van der Waals surface area contributed by atoms with Gasteiger partial charge < -0.3 is 14.7 Å². The van der Waals surface area contributed by atoms with Crippen LogP contribution in [-0.4, -0.2) is 47.6 Å². The first kappa shape index (κ1) is 15.9. The Bertz CT molecular complexity index is 621. The van der Waals surface area contributed by atoms with Crippen LogP contribution in [0.15, 0.2) is 36.6 Å². The van der Waals surface area contributed by atoms with Crippen LogP contribution in [0.25, 0.3) is 5.57 Å². The van der Waals surface area contributed by atoms with E-state index in [0.717, 1.165) is 25.2 Å². The fourth-order valence-electron chi connectivity index (χ4n) is 4.44. The molecule has 2 heterocycles. The lowest BCUT2D eigenvalue weighted by atomic mass is 9.72. The highest BCUT2D eigenvalue weighted by molar-refractivity contribution is 6.22. The number of carbonyl (C=O) groups is 1. The quantitative estimate of drug-likeness (QED) is 0.927. The van der Waals surface area contributed by atoms with Gasteiger partial charge >= 0.3 is 0 Å². The van der Waals surface area contributed by atoms with Crippen LogP contribution in [0, 0.1) is 11.8 Å². The predicted octanol–water partition coefficient (Wildman–Crippen LogP) is 2.48. The third kappa shape index (κ3) is 2.89. The first-order valence-corrected chi connectivity index (χ1v) is 9.10. The van der Waals surface area contributed by atoms with Gasteiger partial charge in [0.2, 0.25) is 0 Å². The van der Waals surface area contributed by atoms with E-state index >= 15 is 0 Å². The number of hydrogen-bond donors (Lipinski definition) is 1. The minimum Gasteiger partial charge on any atom is -0.496 e. The summed E-state index contributed by atoms with van der Waals surface area (Å²) in [5.74, 6) is 0.0800. The van der Waals surface area contributed by atoms with Crippen LogP contribution in [0.5, 0.6) is 0 Å². The van der Waals surface area contributed by atoms with Crippen molar-refractivity contribution in [2.45, 2.75) is 37.9 Å². The van der Waals surface area contributed by atoms with Gasteiger partial charge in [-0.05, 0) is 44.3 Å². The molecule has 4 unspecified atom stereocenters. The Hall–Kier alpha value is -1.65. The van der Waals surface area contributed by atoms with Crippen molar-refractivity contribution in [1.82, 2.24) is 4.90 Å². The molecule has 4 rings (SSSR count). The molecule has 2 aliphatic heterocycles. The van der Waals surface area contributed by atoms with E-state index in [1.807, 2.05) is 30.3 Å². The summed E-state index contributed by atoms with van der Waals surface area (Å²) in [6, 6.07) is 9.73. The van der Waals surface area contributed by atoms with Crippen molar-refractivity contribution in [3.8, 4) is 0 Å².